The van der Waals surface area contributed by atoms with Gasteiger partial charge in [-0.25, -0.2) is 14.7 Å². The van der Waals surface area contributed by atoms with Crippen molar-refractivity contribution in [2.45, 2.75) is 18.4 Å². The third-order valence-corrected chi connectivity index (χ3v) is 7.52. The molecule has 1 aromatic heterocycles. The van der Waals surface area contributed by atoms with Gasteiger partial charge in [0.25, 0.3) is 5.91 Å². The average Bonchev–Trinajstić information content (AvgIpc) is 3.37. The summed E-state index contributed by atoms with van der Waals surface area (Å²) in [4.78, 5) is 48.5. The summed E-state index contributed by atoms with van der Waals surface area (Å²) in [5.74, 6) is -0.357. The molecule has 2 saturated heterocycles. The summed E-state index contributed by atoms with van der Waals surface area (Å²) in [6.45, 7) is 2.03. The standard InChI is InChI=1S/C27H21Cl2N5O3/c1-16(35)19-7-8-24(31-13-19)33-14-23(18-5-3-17(12-30)4-6-18)27(15-33)25(36)34(26(37)32(27)2)22-10-20(28)9-21(29)11-22/h3-11,13,23H,14-15H2,1-2H3/t23-,27+/m0/s1. The highest BCUT2D eigenvalue weighted by Gasteiger charge is 2.64. The Balaban J connectivity index is 1.61. The van der Waals surface area contributed by atoms with Gasteiger partial charge in [-0.1, -0.05) is 35.3 Å². The van der Waals surface area contributed by atoms with Gasteiger partial charge in [0.15, 0.2) is 5.78 Å². The molecule has 3 heterocycles. The summed E-state index contributed by atoms with van der Waals surface area (Å²) in [6.07, 6.45) is 1.50. The molecule has 2 atom stereocenters. The number of carbonyl (C=O) groups is 3. The fraction of sp³-hybridized carbons (Fsp3) is 0.222. The minimum absolute atomic E-state index is 0.0977. The number of pyridine rings is 1. The lowest BCUT2D eigenvalue weighted by molar-refractivity contribution is -0.124. The second-order valence-corrected chi connectivity index (χ2v) is 10.0. The molecule has 3 aromatic rings. The predicted molar refractivity (Wildman–Crippen MR) is 140 cm³/mol. The average molecular weight is 534 g/mol. The van der Waals surface area contributed by atoms with Crippen molar-refractivity contribution in [2.24, 2.45) is 0 Å². The first-order chi connectivity index (χ1) is 17.6. The number of ketones is 1. The lowest BCUT2D eigenvalue weighted by Crippen LogP contribution is -2.53. The summed E-state index contributed by atoms with van der Waals surface area (Å²) in [5.41, 5.74) is 0.806. The van der Waals surface area contributed by atoms with Gasteiger partial charge in [0.2, 0.25) is 0 Å². The number of hydrogen-bond donors (Lipinski definition) is 0. The van der Waals surface area contributed by atoms with Crippen molar-refractivity contribution in [3.05, 3.63) is 87.5 Å². The smallest absolute Gasteiger partial charge is 0.332 e. The Morgan fingerprint density at radius 1 is 1.08 bits per heavy atom. The van der Waals surface area contributed by atoms with Crippen molar-refractivity contribution in [1.82, 2.24) is 9.88 Å². The van der Waals surface area contributed by atoms with Gasteiger partial charge in [0, 0.05) is 41.3 Å². The maximum atomic E-state index is 14.2. The van der Waals surface area contributed by atoms with Crippen molar-refractivity contribution < 1.29 is 14.4 Å². The van der Waals surface area contributed by atoms with Gasteiger partial charge in [-0.3, -0.25) is 9.59 Å². The SMILES string of the molecule is CC(=O)c1ccc(N2C[C@@H](c3ccc(C#N)cc3)[C@]3(C2)C(=O)N(c2cc(Cl)cc(Cl)c2)C(=O)N3C)nc1. The number of halogens is 2. The molecular formula is C27H21Cl2N5O3. The zero-order chi connectivity index (χ0) is 26.5. The molecule has 5 rings (SSSR count). The van der Waals surface area contributed by atoms with E-state index in [4.69, 9.17) is 23.2 Å². The largest absolute Gasteiger partial charge is 0.353 e. The van der Waals surface area contributed by atoms with Crippen molar-refractivity contribution in [2.75, 3.05) is 29.9 Å². The van der Waals surface area contributed by atoms with E-state index in [1.165, 1.54) is 36.2 Å². The Kier molecular flexibility index (Phi) is 6.14. The van der Waals surface area contributed by atoms with E-state index in [9.17, 15) is 19.6 Å². The molecule has 10 heteroatoms. The molecule has 0 aliphatic carbocycles. The van der Waals surface area contributed by atoms with Crippen molar-refractivity contribution in [3.63, 3.8) is 0 Å². The minimum Gasteiger partial charge on any atom is -0.353 e. The predicted octanol–water partition coefficient (Wildman–Crippen LogP) is 4.90. The number of hydrogen-bond acceptors (Lipinski definition) is 6. The summed E-state index contributed by atoms with van der Waals surface area (Å²) in [5, 5.41) is 9.86. The lowest BCUT2D eigenvalue weighted by atomic mass is 9.80. The van der Waals surface area contributed by atoms with E-state index in [0.717, 1.165) is 10.5 Å². The number of carbonyl (C=O) groups excluding carboxylic acids is 3. The number of likely N-dealkylation sites (N-methyl/N-ethyl adjacent to an activating group) is 1. The number of nitrogens with zero attached hydrogens (tertiary/aromatic N) is 5. The number of aromatic nitrogens is 1. The molecule has 37 heavy (non-hydrogen) atoms. The van der Waals surface area contributed by atoms with Crippen LogP contribution in [0.3, 0.4) is 0 Å². The fourth-order valence-electron chi connectivity index (χ4n) is 5.16. The Bertz CT molecular complexity index is 1450. The molecule has 3 amide bonds. The molecule has 0 N–H and O–H groups in total. The molecule has 1 spiro atoms. The normalized spacial score (nSPS) is 21.2. The molecule has 2 aliphatic heterocycles. The lowest BCUT2D eigenvalue weighted by Gasteiger charge is -2.33. The first-order valence-electron chi connectivity index (χ1n) is 11.5. The second-order valence-electron chi connectivity index (χ2n) is 9.16. The number of urea groups is 1. The quantitative estimate of drug-likeness (QED) is 0.349. The highest BCUT2D eigenvalue weighted by molar-refractivity contribution is 6.36. The van der Waals surface area contributed by atoms with Crippen LogP contribution in [-0.2, 0) is 4.79 Å². The molecule has 0 unspecified atom stereocenters. The molecule has 2 fully saturated rings. The zero-order valence-corrected chi connectivity index (χ0v) is 21.5. The highest BCUT2D eigenvalue weighted by atomic mass is 35.5. The van der Waals surface area contributed by atoms with E-state index < -0.39 is 23.4 Å². The highest BCUT2D eigenvalue weighted by Crippen LogP contribution is 2.47. The third-order valence-electron chi connectivity index (χ3n) is 7.09. The van der Waals surface area contributed by atoms with Gasteiger partial charge in [-0.15, -0.1) is 0 Å². The van der Waals surface area contributed by atoms with E-state index in [1.54, 1.807) is 31.3 Å². The van der Waals surface area contributed by atoms with Crippen LogP contribution in [0.1, 0.15) is 34.3 Å². The van der Waals surface area contributed by atoms with Crippen molar-refractivity contribution in [1.29, 1.82) is 5.26 Å². The van der Waals surface area contributed by atoms with E-state index in [0.29, 0.717) is 33.5 Å². The summed E-state index contributed by atoms with van der Waals surface area (Å²) in [7, 11) is 1.61. The number of imide groups is 1. The third kappa shape index (κ3) is 4.01. The fourth-order valence-corrected chi connectivity index (χ4v) is 5.68. The van der Waals surface area contributed by atoms with Crippen LogP contribution < -0.4 is 9.80 Å². The molecule has 8 nitrogen and oxygen atoms in total. The molecule has 0 saturated carbocycles. The zero-order valence-electron chi connectivity index (χ0n) is 20.0. The van der Waals surface area contributed by atoms with Crippen molar-refractivity contribution >= 4 is 52.4 Å². The van der Waals surface area contributed by atoms with Crippen LogP contribution in [0.25, 0.3) is 0 Å². The molecule has 0 radical (unpaired) electrons. The number of amides is 3. The summed E-state index contributed by atoms with van der Waals surface area (Å²) < 4.78 is 0. The van der Waals surface area contributed by atoms with Crippen LogP contribution in [0.2, 0.25) is 10.0 Å². The molecular weight excluding hydrogens is 513 g/mol. The maximum Gasteiger partial charge on any atom is 0.332 e. The topological polar surface area (TPSA) is 97.6 Å². The van der Waals surface area contributed by atoms with Gasteiger partial charge in [-0.2, -0.15) is 5.26 Å². The molecule has 0 bridgehead atoms. The van der Waals surface area contributed by atoms with E-state index in [2.05, 4.69) is 11.1 Å². The van der Waals surface area contributed by atoms with Crippen LogP contribution in [0.4, 0.5) is 16.3 Å². The maximum absolute atomic E-state index is 14.2. The first kappa shape index (κ1) is 24.8. The molecule has 186 valence electrons. The van der Waals surface area contributed by atoms with Crippen LogP contribution in [-0.4, -0.2) is 53.3 Å². The molecule has 2 aliphatic rings. The van der Waals surface area contributed by atoms with E-state index >= 15 is 0 Å². The number of nitriles is 1. The summed E-state index contributed by atoms with van der Waals surface area (Å²) >= 11 is 12.4. The second kappa shape index (κ2) is 9.18. The van der Waals surface area contributed by atoms with Crippen LogP contribution in [0.5, 0.6) is 0 Å². The van der Waals surface area contributed by atoms with Gasteiger partial charge < -0.3 is 9.80 Å². The van der Waals surface area contributed by atoms with Crippen LogP contribution >= 0.6 is 23.2 Å². The van der Waals surface area contributed by atoms with E-state index in [-0.39, 0.29) is 18.0 Å². The van der Waals surface area contributed by atoms with Crippen LogP contribution in [0.15, 0.2) is 60.8 Å². The van der Waals surface area contributed by atoms with Gasteiger partial charge >= 0.3 is 6.03 Å². The Labute approximate surface area is 223 Å². The van der Waals surface area contributed by atoms with Crippen molar-refractivity contribution in [3.8, 4) is 6.07 Å². The Morgan fingerprint density at radius 3 is 2.32 bits per heavy atom. The van der Waals surface area contributed by atoms with Gasteiger partial charge in [0.05, 0.1) is 23.9 Å². The van der Waals surface area contributed by atoms with Gasteiger partial charge in [-0.05, 0) is 55.0 Å². The first-order valence-corrected chi connectivity index (χ1v) is 12.2. The molecule has 2 aromatic carbocycles. The van der Waals surface area contributed by atoms with Gasteiger partial charge in [0.1, 0.15) is 11.4 Å². The van der Waals surface area contributed by atoms with E-state index in [1.807, 2.05) is 17.0 Å². The number of benzene rings is 2. The Morgan fingerprint density at radius 2 is 1.76 bits per heavy atom. The summed E-state index contributed by atoms with van der Waals surface area (Å²) in [6, 6.07) is 16.6. The number of anilines is 2. The number of Topliss-reactive ketones (excluding diaryl/α,β-unsaturated/α-hetero) is 1. The minimum atomic E-state index is -1.26. The Hall–Kier alpha value is -3.93. The monoisotopic (exact) mass is 533 g/mol. The van der Waals surface area contributed by atoms with Crippen LogP contribution in [0, 0.1) is 11.3 Å². The number of rotatable bonds is 4.